The summed E-state index contributed by atoms with van der Waals surface area (Å²) in [6, 6.07) is 1.33. The molecule has 10 heterocycles. The molecule has 0 bridgehead atoms. The zero-order chi connectivity index (χ0) is 56.3. The first-order valence-corrected chi connectivity index (χ1v) is 28.1. The van der Waals surface area contributed by atoms with E-state index in [4.69, 9.17) is 63.3 Å². The number of imidazole rings is 2. The Bertz CT molecular complexity index is 3650. The standard InChI is InChI=1S/C39H50N15O22P3/c1-16-8-52(39(60)50-35(16)57)27-5-18(21(9-55)70-27)74-78(63,64)68-12-24-20(7-29(73-24)54-15-46-31-34(54)48-37(42)49-36(31)58)76-79(65,66)69-11-23-19(6-28(72-23)53-14-45-30-32(41)43-13-44-33(30)53)75-77(61,62)67-10-22-17(56)4-26(71-22)51-3-2-25(40)47-38(51)59/h2-3,8,13-15,17-24,26-29,55-56H,4-7,9-12H2,1H3,(H,61,62)(H,63,64)(H,65,66)(H2,40,47,59)(H2,41,43,44)(H,50,57,60)(H3,42,48,49,58)/t17?,18?,19?,20?,21-,22-,23-,24-,26-,27-,28-,29-/m1/s1. The molecule has 0 aromatic carbocycles. The van der Waals surface area contributed by atoms with Crippen molar-refractivity contribution in [3.8, 4) is 0 Å². The maximum atomic E-state index is 14.0. The Kier molecular flexibility index (Phi) is 15.7. The Balaban J connectivity index is 0.843. The van der Waals surface area contributed by atoms with E-state index in [1.165, 1.54) is 40.8 Å². The van der Waals surface area contributed by atoms with Gasteiger partial charge in [-0.1, -0.05) is 0 Å². The molecule has 4 fully saturated rings. The van der Waals surface area contributed by atoms with Crippen LogP contribution >= 0.6 is 23.5 Å². The minimum Gasteiger partial charge on any atom is -0.394 e. The van der Waals surface area contributed by atoms with Gasteiger partial charge in [-0.25, -0.2) is 43.2 Å². The highest BCUT2D eigenvalue weighted by Gasteiger charge is 2.48. The molecule has 10 rings (SSSR count). The van der Waals surface area contributed by atoms with Crippen molar-refractivity contribution in [2.75, 3.05) is 43.6 Å². The largest absolute Gasteiger partial charge is 0.472 e. The summed E-state index contributed by atoms with van der Waals surface area (Å²) in [5, 5.41) is 20.8. The number of nitrogens with two attached hydrogens (primary N) is 3. The molecule has 6 aromatic heterocycles. The molecule has 0 aliphatic carbocycles. The molecule has 0 radical (unpaired) electrons. The fourth-order valence-corrected chi connectivity index (χ4v) is 12.1. The van der Waals surface area contributed by atoms with Crippen molar-refractivity contribution in [1.82, 2.24) is 58.1 Å². The van der Waals surface area contributed by atoms with Crippen LogP contribution in [0.2, 0.25) is 0 Å². The number of H-pyrrole nitrogens is 2. The predicted molar refractivity (Wildman–Crippen MR) is 260 cm³/mol. The molecule has 13 N–H and O–H groups in total. The summed E-state index contributed by atoms with van der Waals surface area (Å²) in [4.78, 5) is 112. The number of phosphoric acid groups is 3. The third-order valence-electron chi connectivity index (χ3n) is 13.0. The van der Waals surface area contributed by atoms with E-state index in [2.05, 4.69) is 39.9 Å². The third kappa shape index (κ3) is 12.2. The molecule has 6 aromatic rings. The lowest BCUT2D eigenvalue weighted by Crippen LogP contribution is -2.33. The van der Waals surface area contributed by atoms with Gasteiger partial charge in [-0.2, -0.15) is 9.97 Å². The molecular formula is C39H50N15O22P3. The van der Waals surface area contributed by atoms with Crippen molar-refractivity contribution in [3.05, 3.63) is 84.7 Å². The van der Waals surface area contributed by atoms with Crippen LogP contribution < -0.4 is 39.7 Å². The number of rotatable bonds is 20. The number of aromatic amines is 2. The van der Waals surface area contributed by atoms with Crippen molar-refractivity contribution in [2.24, 2.45) is 0 Å². The van der Waals surface area contributed by atoms with Gasteiger partial charge in [0.1, 0.15) is 85.3 Å². The van der Waals surface area contributed by atoms with Crippen LogP contribution in [0.1, 0.15) is 56.2 Å². The lowest BCUT2D eigenvalue weighted by Gasteiger charge is -2.25. The van der Waals surface area contributed by atoms with Gasteiger partial charge in [0, 0.05) is 43.6 Å². The lowest BCUT2D eigenvalue weighted by molar-refractivity contribution is -0.0626. The first-order valence-electron chi connectivity index (χ1n) is 23.6. The van der Waals surface area contributed by atoms with E-state index in [0.717, 1.165) is 21.8 Å². The van der Waals surface area contributed by atoms with E-state index < -0.39 is 146 Å². The second kappa shape index (κ2) is 22.1. The van der Waals surface area contributed by atoms with Gasteiger partial charge < -0.3 is 61.0 Å². The number of hydrogen-bond acceptors (Lipinski definition) is 28. The highest BCUT2D eigenvalue weighted by molar-refractivity contribution is 7.48. The zero-order valence-corrected chi connectivity index (χ0v) is 43.5. The molecular weight excluding hydrogens is 1120 g/mol. The monoisotopic (exact) mass is 1170 g/mol. The smallest absolute Gasteiger partial charge is 0.394 e. The molecule has 15 atom stereocenters. The maximum absolute atomic E-state index is 14.0. The zero-order valence-electron chi connectivity index (χ0n) is 40.8. The molecule has 4 aliphatic rings. The van der Waals surface area contributed by atoms with E-state index in [1.807, 2.05) is 0 Å². The summed E-state index contributed by atoms with van der Waals surface area (Å²) in [5.74, 6) is -0.351. The molecule has 428 valence electrons. The number of hydrogen-bond donors (Lipinski definition) is 10. The van der Waals surface area contributed by atoms with Gasteiger partial charge in [-0.05, 0) is 13.0 Å². The Hall–Kier alpha value is -6.05. The van der Waals surface area contributed by atoms with E-state index in [9.17, 15) is 57.8 Å². The van der Waals surface area contributed by atoms with Crippen molar-refractivity contribution in [3.63, 3.8) is 0 Å². The summed E-state index contributed by atoms with van der Waals surface area (Å²) in [6.07, 6.45) is -10.9. The molecule has 0 spiro atoms. The number of aliphatic hydroxyl groups excluding tert-OH is 2. The molecule has 0 saturated carbocycles. The van der Waals surface area contributed by atoms with Crippen molar-refractivity contribution < 1.29 is 84.7 Å². The molecule has 37 nitrogen and oxygen atoms in total. The predicted octanol–water partition coefficient (Wildman–Crippen LogP) is -2.17. The van der Waals surface area contributed by atoms with E-state index >= 15 is 0 Å². The summed E-state index contributed by atoms with van der Waals surface area (Å²) >= 11 is 0. The first kappa shape index (κ1) is 56.2. The topological polar surface area (TPSA) is 520 Å². The Labute approximate surface area is 439 Å². The van der Waals surface area contributed by atoms with Crippen molar-refractivity contribution in [1.29, 1.82) is 0 Å². The number of nitrogens with one attached hydrogen (secondary N) is 2. The van der Waals surface area contributed by atoms with Gasteiger partial charge in [0.25, 0.3) is 11.1 Å². The number of phosphoric ester groups is 3. The number of aromatic nitrogens is 12. The molecule has 7 unspecified atom stereocenters. The maximum Gasteiger partial charge on any atom is 0.472 e. The van der Waals surface area contributed by atoms with Crippen LogP contribution in [0.5, 0.6) is 0 Å². The van der Waals surface area contributed by atoms with Crippen LogP contribution in [0.15, 0.2) is 56.6 Å². The summed E-state index contributed by atoms with van der Waals surface area (Å²) in [7, 11) is -15.7. The third-order valence-corrected chi connectivity index (χ3v) is 16.1. The van der Waals surface area contributed by atoms with Crippen LogP contribution in [0.4, 0.5) is 17.6 Å². The van der Waals surface area contributed by atoms with E-state index in [0.29, 0.717) is 0 Å². The highest BCUT2D eigenvalue weighted by Crippen LogP contribution is 2.54. The average molecular weight is 1170 g/mol. The van der Waals surface area contributed by atoms with Gasteiger partial charge in [-0.15, -0.1) is 0 Å². The minimum atomic E-state index is -5.36. The van der Waals surface area contributed by atoms with Crippen LogP contribution in [-0.4, -0.2) is 158 Å². The number of anilines is 3. The van der Waals surface area contributed by atoms with Gasteiger partial charge in [-0.3, -0.25) is 65.0 Å². The fourth-order valence-electron chi connectivity index (χ4n) is 9.23. The van der Waals surface area contributed by atoms with Crippen molar-refractivity contribution in [2.45, 2.75) is 106 Å². The molecule has 4 saturated heterocycles. The van der Waals surface area contributed by atoms with Crippen LogP contribution in [-0.2, 0) is 59.8 Å². The van der Waals surface area contributed by atoms with Crippen molar-refractivity contribution >= 4 is 63.4 Å². The lowest BCUT2D eigenvalue weighted by atomic mass is 10.2. The molecule has 79 heavy (non-hydrogen) atoms. The number of aryl methyl sites for hydroxylation is 1. The Morgan fingerprint density at radius 2 is 1.16 bits per heavy atom. The van der Waals surface area contributed by atoms with Gasteiger partial charge >= 0.3 is 34.8 Å². The fraction of sp³-hybridized carbons (Fsp3) is 0.538. The number of nitrogens with zero attached hydrogens (tertiary/aromatic N) is 10. The number of nitrogen functional groups attached to an aromatic ring is 3. The Morgan fingerprint density at radius 3 is 1.76 bits per heavy atom. The SMILES string of the molecule is Cc1cn([C@H]2CC(OP(=O)(O)OC[C@H]3O[C@@H](n4cnc5c(=O)[nH]c(N)nc54)CC3OP(=O)(O)OC[C@H]3O[C@@H](n4cnc5c(N)ncnc54)CC3OP(=O)(O)OC[C@H]3O[C@@H](n4ccc(N)nc4=O)CC3O)[C@@H](CO)O2)c(=O)[nH]c1=O. The van der Waals surface area contributed by atoms with E-state index in [-0.39, 0.29) is 71.2 Å². The average Bonchev–Trinajstić information content (AvgIpc) is 4.36. The second-order valence-corrected chi connectivity index (χ2v) is 22.5. The number of ether oxygens (including phenoxy) is 4. The van der Waals surface area contributed by atoms with E-state index in [1.54, 1.807) is 0 Å². The first-order chi connectivity index (χ1) is 37.4. The quantitative estimate of drug-likeness (QED) is 0.0364. The highest BCUT2D eigenvalue weighted by atomic mass is 31.2. The number of fused-ring (bicyclic) bond motifs is 2. The summed E-state index contributed by atoms with van der Waals surface area (Å²) < 4.78 is 102. The minimum absolute atomic E-state index is 0.00815. The van der Waals surface area contributed by atoms with Gasteiger partial charge in [0.2, 0.25) is 5.95 Å². The molecule has 4 aliphatic heterocycles. The summed E-state index contributed by atoms with van der Waals surface area (Å²) in [5.41, 5.74) is 14.5. The Morgan fingerprint density at radius 1 is 0.646 bits per heavy atom. The normalized spacial score (nSPS) is 29.5. The van der Waals surface area contributed by atoms with Crippen LogP contribution in [0, 0.1) is 6.92 Å². The van der Waals surface area contributed by atoms with Crippen LogP contribution in [0.25, 0.3) is 22.3 Å². The van der Waals surface area contributed by atoms with Gasteiger partial charge in [0.15, 0.2) is 22.6 Å². The second-order valence-electron chi connectivity index (χ2n) is 18.3. The molecule has 0 amide bonds. The van der Waals surface area contributed by atoms with Gasteiger partial charge in [0.05, 0.1) is 45.2 Å². The molecule has 40 heteroatoms. The number of aliphatic hydroxyl groups is 2. The summed E-state index contributed by atoms with van der Waals surface area (Å²) in [6.45, 7) is -1.88. The van der Waals surface area contributed by atoms with Crippen LogP contribution in [0.3, 0.4) is 0 Å².